The predicted octanol–water partition coefficient (Wildman–Crippen LogP) is 3.44. The highest BCUT2D eigenvalue weighted by molar-refractivity contribution is 5.90. The second-order valence-electron chi connectivity index (χ2n) is 4.31. The number of carbonyl (C=O) groups excluding carboxylic acids is 1. The molecule has 0 bridgehead atoms. The molecule has 0 amide bonds. The summed E-state index contributed by atoms with van der Waals surface area (Å²) < 4.78 is 5.14. The van der Waals surface area contributed by atoms with Gasteiger partial charge in [0.2, 0.25) is 0 Å². The summed E-state index contributed by atoms with van der Waals surface area (Å²) in [5.74, 6) is 0.501. The average Bonchev–Trinajstić information content (AvgIpc) is 2.75. The van der Waals surface area contributed by atoms with Crippen LogP contribution in [0, 0.1) is 6.92 Å². The number of fused-ring (bicyclic) bond motifs is 1. The molecule has 0 spiro atoms. The van der Waals surface area contributed by atoms with E-state index in [4.69, 9.17) is 4.74 Å². The van der Waals surface area contributed by atoms with E-state index in [0.29, 0.717) is 12.2 Å². The summed E-state index contributed by atoms with van der Waals surface area (Å²) in [4.78, 5) is 11.1. The van der Waals surface area contributed by atoms with Crippen molar-refractivity contribution in [2.75, 3.05) is 0 Å². The Kier molecular flexibility index (Phi) is 2.22. The van der Waals surface area contributed by atoms with E-state index in [0.717, 1.165) is 10.9 Å². The Labute approximate surface area is 99.5 Å². The second kappa shape index (κ2) is 3.74. The van der Waals surface area contributed by atoms with Crippen molar-refractivity contribution in [1.29, 1.82) is 0 Å². The first-order valence-corrected chi connectivity index (χ1v) is 5.64. The molecule has 0 unspecified atom stereocenters. The van der Waals surface area contributed by atoms with Crippen molar-refractivity contribution in [3.63, 3.8) is 0 Å². The summed E-state index contributed by atoms with van der Waals surface area (Å²) in [6, 6.07) is 12.4. The number of cyclic esters (lactones) is 1. The van der Waals surface area contributed by atoms with Gasteiger partial charge in [-0.05, 0) is 29.8 Å². The number of benzene rings is 2. The van der Waals surface area contributed by atoms with Gasteiger partial charge < -0.3 is 4.74 Å². The smallest absolute Gasteiger partial charge is 0.315 e. The third-order valence-electron chi connectivity index (χ3n) is 2.96. The number of hydrogen-bond donors (Lipinski definition) is 0. The van der Waals surface area contributed by atoms with Crippen molar-refractivity contribution in [2.45, 2.75) is 13.3 Å². The summed E-state index contributed by atoms with van der Waals surface area (Å²) in [5.41, 5.74) is 2.21. The van der Waals surface area contributed by atoms with Gasteiger partial charge in [0.05, 0.1) is 6.42 Å². The predicted molar refractivity (Wildman–Crippen MR) is 67.4 cm³/mol. The first kappa shape index (κ1) is 10.1. The minimum atomic E-state index is -0.177. The van der Waals surface area contributed by atoms with Gasteiger partial charge in [-0.15, -0.1) is 0 Å². The molecule has 1 aliphatic rings. The van der Waals surface area contributed by atoms with Crippen LogP contribution in [0.3, 0.4) is 0 Å². The number of carbonyl (C=O) groups is 1. The maximum Gasteiger partial charge on any atom is 0.315 e. The monoisotopic (exact) mass is 224 g/mol. The van der Waals surface area contributed by atoms with E-state index >= 15 is 0 Å². The summed E-state index contributed by atoms with van der Waals surface area (Å²) in [7, 11) is 0. The number of esters is 1. The minimum absolute atomic E-state index is 0.177. The zero-order valence-corrected chi connectivity index (χ0v) is 9.57. The first-order chi connectivity index (χ1) is 8.22. The van der Waals surface area contributed by atoms with E-state index in [9.17, 15) is 4.79 Å². The highest BCUT2D eigenvalue weighted by atomic mass is 16.5. The van der Waals surface area contributed by atoms with Crippen molar-refractivity contribution in [3.05, 3.63) is 53.6 Å². The quantitative estimate of drug-likeness (QED) is 0.693. The lowest BCUT2D eigenvalue weighted by Crippen LogP contribution is -1.93. The Balaban J connectivity index is 2.08. The molecule has 0 radical (unpaired) electrons. The fraction of sp³-hybridized carbons (Fsp3) is 0.133. The van der Waals surface area contributed by atoms with Crippen molar-refractivity contribution in [2.24, 2.45) is 0 Å². The van der Waals surface area contributed by atoms with Crippen LogP contribution in [0.1, 0.15) is 17.5 Å². The Morgan fingerprint density at radius 3 is 2.59 bits per heavy atom. The largest absolute Gasteiger partial charge is 0.426 e. The van der Waals surface area contributed by atoms with Crippen LogP contribution in [0.5, 0.6) is 0 Å². The third kappa shape index (κ3) is 1.82. The van der Waals surface area contributed by atoms with E-state index in [-0.39, 0.29) is 5.97 Å². The summed E-state index contributed by atoms with van der Waals surface area (Å²) in [5, 5.41) is 2.37. The summed E-state index contributed by atoms with van der Waals surface area (Å²) >= 11 is 0. The molecular formula is C15H12O2. The van der Waals surface area contributed by atoms with Crippen molar-refractivity contribution >= 4 is 22.5 Å². The number of ether oxygens (including phenoxy) is 1. The molecule has 0 aromatic heterocycles. The molecule has 1 aliphatic heterocycles. The zero-order chi connectivity index (χ0) is 11.8. The molecule has 2 aromatic rings. The highest BCUT2D eigenvalue weighted by Crippen LogP contribution is 2.26. The Morgan fingerprint density at radius 1 is 1.06 bits per heavy atom. The second-order valence-corrected chi connectivity index (χ2v) is 4.31. The molecule has 0 fully saturated rings. The topological polar surface area (TPSA) is 26.3 Å². The molecule has 0 aliphatic carbocycles. The molecular weight excluding hydrogens is 212 g/mol. The molecule has 84 valence electrons. The summed E-state index contributed by atoms with van der Waals surface area (Å²) in [6.45, 7) is 2.08. The first-order valence-electron chi connectivity index (χ1n) is 5.64. The third-order valence-corrected chi connectivity index (χ3v) is 2.96. The molecule has 0 saturated heterocycles. The van der Waals surface area contributed by atoms with Crippen molar-refractivity contribution < 1.29 is 9.53 Å². The fourth-order valence-corrected chi connectivity index (χ4v) is 2.08. The van der Waals surface area contributed by atoms with Gasteiger partial charge in [-0.3, -0.25) is 4.79 Å². The molecule has 0 saturated carbocycles. The molecule has 17 heavy (non-hydrogen) atoms. The number of rotatable bonds is 1. The Morgan fingerprint density at radius 2 is 1.82 bits per heavy atom. The van der Waals surface area contributed by atoms with Crippen LogP contribution < -0.4 is 0 Å². The van der Waals surface area contributed by atoms with E-state index in [1.54, 1.807) is 0 Å². The molecule has 2 aromatic carbocycles. The number of hydrogen-bond acceptors (Lipinski definition) is 2. The maximum absolute atomic E-state index is 11.1. The Bertz CT molecular complexity index is 638. The molecule has 2 heteroatoms. The molecule has 2 nitrogen and oxygen atoms in total. The van der Waals surface area contributed by atoms with Gasteiger partial charge in [-0.2, -0.15) is 0 Å². The van der Waals surface area contributed by atoms with Gasteiger partial charge in [0, 0.05) is 5.56 Å². The maximum atomic E-state index is 11.1. The normalized spacial score (nSPS) is 14.9. The van der Waals surface area contributed by atoms with E-state index in [1.165, 1.54) is 10.9 Å². The highest BCUT2D eigenvalue weighted by Gasteiger charge is 2.15. The van der Waals surface area contributed by atoms with Crippen LogP contribution in [0.2, 0.25) is 0 Å². The van der Waals surface area contributed by atoms with Gasteiger partial charge in [-0.25, -0.2) is 0 Å². The van der Waals surface area contributed by atoms with Crippen LogP contribution in [0.4, 0.5) is 0 Å². The van der Waals surface area contributed by atoms with Crippen LogP contribution in [0.25, 0.3) is 16.5 Å². The van der Waals surface area contributed by atoms with E-state index in [2.05, 4.69) is 37.3 Å². The minimum Gasteiger partial charge on any atom is -0.426 e. The van der Waals surface area contributed by atoms with Crippen molar-refractivity contribution in [1.82, 2.24) is 0 Å². The molecule has 0 atom stereocenters. The lowest BCUT2D eigenvalue weighted by atomic mass is 10.0. The van der Waals surface area contributed by atoms with Crippen molar-refractivity contribution in [3.8, 4) is 0 Å². The van der Waals surface area contributed by atoms with E-state index < -0.39 is 0 Å². The van der Waals surface area contributed by atoms with Crippen LogP contribution in [-0.4, -0.2) is 5.97 Å². The Hall–Kier alpha value is -2.09. The lowest BCUT2D eigenvalue weighted by molar-refractivity contribution is -0.134. The lowest BCUT2D eigenvalue weighted by Gasteiger charge is -2.05. The SMILES string of the molecule is Cc1ccc2cc(C3=CCC(=O)O3)ccc2c1. The van der Waals surface area contributed by atoms with Gasteiger partial charge in [0.1, 0.15) is 5.76 Å². The van der Waals surface area contributed by atoms with Gasteiger partial charge in [-0.1, -0.05) is 35.9 Å². The van der Waals surface area contributed by atoms with Gasteiger partial charge >= 0.3 is 5.97 Å². The summed E-state index contributed by atoms with van der Waals surface area (Å²) in [6.07, 6.45) is 2.21. The standard InChI is InChI=1S/C15H12O2/c1-10-2-3-12-9-13(5-4-11(12)8-10)14-6-7-15(16)17-14/h2-6,8-9H,7H2,1H3. The number of aryl methyl sites for hydroxylation is 1. The van der Waals surface area contributed by atoms with Gasteiger partial charge in [0.15, 0.2) is 0 Å². The fourth-order valence-electron chi connectivity index (χ4n) is 2.08. The van der Waals surface area contributed by atoms with Crippen LogP contribution in [-0.2, 0) is 9.53 Å². The average molecular weight is 224 g/mol. The van der Waals surface area contributed by atoms with Crippen LogP contribution >= 0.6 is 0 Å². The van der Waals surface area contributed by atoms with E-state index in [1.807, 2.05) is 12.1 Å². The molecule has 3 rings (SSSR count). The molecule has 0 N–H and O–H groups in total. The molecule has 1 heterocycles. The van der Waals surface area contributed by atoms with Gasteiger partial charge in [0.25, 0.3) is 0 Å². The zero-order valence-electron chi connectivity index (χ0n) is 9.57. The van der Waals surface area contributed by atoms with Crippen LogP contribution in [0.15, 0.2) is 42.5 Å².